The van der Waals surface area contributed by atoms with Crippen LogP contribution in [-0.2, 0) is 9.59 Å². The third-order valence-corrected chi connectivity index (χ3v) is 3.01. The van der Waals surface area contributed by atoms with Crippen molar-refractivity contribution in [1.82, 2.24) is 4.90 Å². The quantitative estimate of drug-likeness (QED) is 0.697. The maximum atomic E-state index is 11.5. The minimum Gasteiger partial charge on any atom is -0.478 e. The van der Waals surface area contributed by atoms with E-state index < -0.39 is 5.97 Å². The standard InChI is InChI=1S/C11H17NO3/c1-8-5-6-12(7-9(8)2)10(13)3-4-11(14)15/h3-4,8-9H,5-7H2,1-2H3,(H,14,15)/b4-3+. The maximum absolute atomic E-state index is 11.5. The molecule has 0 radical (unpaired) electrons. The summed E-state index contributed by atoms with van der Waals surface area (Å²) in [5.74, 6) is -0.156. The summed E-state index contributed by atoms with van der Waals surface area (Å²) in [4.78, 5) is 23.5. The van der Waals surface area contributed by atoms with Crippen LogP contribution in [0.3, 0.4) is 0 Å². The summed E-state index contributed by atoms with van der Waals surface area (Å²) in [6.45, 7) is 5.75. The first-order valence-corrected chi connectivity index (χ1v) is 5.20. The van der Waals surface area contributed by atoms with Crippen molar-refractivity contribution in [1.29, 1.82) is 0 Å². The number of carbonyl (C=O) groups excluding carboxylic acids is 1. The van der Waals surface area contributed by atoms with E-state index in [0.717, 1.165) is 31.7 Å². The number of carboxylic acid groups (broad SMARTS) is 1. The lowest BCUT2D eigenvalue weighted by Gasteiger charge is -2.34. The molecule has 84 valence electrons. The number of nitrogens with zero attached hydrogens (tertiary/aromatic N) is 1. The van der Waals surface area contributed by atoms with E-state index in [-0.39, 0.29) is 5.91 Å². The van der Waals surface area contributed by atoms with Gasteiger partial charge in [-0.25, -0.2) is 4.79 Å². The van der Waals surface area contributed by atoms with Crippen LogP contribution in [0.5, 0.6) is 0 Å². The van der Waals surface area contributed by atoms with Gasteiger partial charge in [-0.1, -0.05) is 13.8 Å². The number of aliphatic carboxylic acids is 1. The van der Waals surface area contributed by atoms with Crippen LogP contribution in [-0.4, -0.2) is 35.0 Å². The van der Waals surface area contributed by atoms with Crippen molar-refractivity contribution >= 4 is 11.9 Å². The first-order valence-electron chi connectivity index (χ1n) is 5.20. The molecule has 0 bridgehead atoms. The molecule has 4 heteroatoms. The SMILES string of the molecule is CC1CCN(C(=O)/C=C/C(=O)O)CC1C. The molecular formula is C11H17NO3. The number of hydrogen-bond donors (Lipinski definition) is 1. The number of carboxylic acids is 1. The second-order valence-corrected chi connectivity index (χ2v) is 4.20. The van der Waals surface area contributed by atoms with Crippen LogP contribution < -0.4 is 0 Å². The first-order chi connectivity index (χ1) is 7.00. The van der Waals surface area contributed by atoms with Crippen LogP contribution in [0.2, 0.25) is 0 Å². The van der Waals surface area contributed by atoms with Gasteiger partial charge in [-0.05, 0) is 18.3 Å². The summed E-state index contributed by atoms with van der Waals surface area (Å²) in [7, 11) is 0. The minimum atomic E-state index is -1.08. The molecule has 0 aromatic carbocycles. The summed E-state index contributed by atoms with van der Waals surface area (Å²) < 4.78 is 0. The number of carbonyl (C=O) groups is 2. The Bertz CT molecular complexity index is 286. The van der Waals surface area contributed by atoms with Gasteiger partial charge in [0.2, 0.25) is 5.91 Å². The Kier molecular flexibility index (Phi) is 3.88. The van der Waals surface area contributed by atoms with Gasteiger partial charge in [-0.2, -0.15) is 0 Å². The lowest BCUT2D eigenvalue weighted by Crippen LogP contribution is -2.41. The third-order valence-electron chi connectivity index (χ3n) is 3.01. The highest BCUT2D eigenvalue weighted by atomic mass is 16.4. The Balaban J connectivity index is 2.51. The molecule has 0 aromatic rings. The highest BCUT2D eigenvalue weighted by molar-refractivity contribution is 5.93. The van der Waals surface area contributed by atoms with Gasteiger partial charge in [-0.15, -0.1) is 0 Å². The maximum Gasteiger partial charge on any atom is 0.328 e. The van der Waals surface area contributed by atoms with E-state index in [2.05, 4.69) is 13.8 Å². The topological polar surface area (TPSA) is 57.6 Å². The fourth-order valence-electron chi connectivity index (χ4n) is 1.71. The highest BCUT2D eigenvalue weighted by Crippen LogP contribution is 2.22. The second-order valence-electron chi connectivity index (χ2n) is 4.20. The second kappa shape index (κ2) is 4.96. The molecule has 0 aromatic heterocycles. The smallest absolute Gasteiger partial charge is 0.328 e. The molecule has 1 rings (SSSR count). The molecule has 1 N–H and O–H groups in total. The Hall–Kier alpha value is -1.32. The largest absolute Gasteiger partial charge is 0.478 e. The van der Waals surface area contributed by atoms with E-state index in [1.165, 1.54) is 0 Å². The van der Waals surface area contributed by atoms with Gasteiger partial charge in [0, 0.05) is 25.2 Å². The minimum absolute atomic E-state index is 0.198. The summed E-state index contributed by atoms with van der Waals surface area (Å²) in [5, 5.41) is 8.40. The van der Waals surface area contributed by atoms with Crippen molar-refractivity contribution in [3.8, 4) is 0 Å². The van der Waals surface area contributed by atoms with Crippen LogP contribution >= 0.6 is 0 Å². The summed E-state index contributed by atoms with van der Waals surface area (Å²) >= 11 is 0. The first kappa shape index (κ1) is 11.8. The van der Waals surface area contributed by atoms with Crippen molar-refractivity contribution in [2.75, 3.05) is 13.1 Å². The highest BCUT2D eigenvalue weighted by Gasteiger charge is 2.24. The zero-order valence-corrected chi connectivity index (χ0v) is 9.14. The predicted molar refractivity (Wildman–Crippen MR) is 56.3 cm³/mol. The molecule has 4 nitrogen and oxygen atoms in total. The lowest BCUT2D eigenvalue weighted by atomic mass is 9.89. The number of hydrogen-bond acceptors (Lipinski definition) is 2. The van der Waals surface area contributed by atoms with Crippen LogP contribution in [0, 0.1) is 11.8 Å². The van der Waals surface area contributed by atoms with Crippen LogP contribution in [0.4, 0.5) is 0 Å². The van der Waals surface area contributed by atoms with E-state index in [1.807, 2.05) is 0 Å². The number of piperidine rings is 1. The fourth-order valence-corrected chi connectivity index (χ4v) is 1.71. The van der Waals surface area contributed by atoms with Gasteiger partial charge < -0.3 is 10.0 Å². The molecule has 1 aliphatic heterocycles. The number of rotatable bonds is 2. The number of likely N-dealkylation sites (tertiary alicyclic amines) is 1. The van der Waals surface area contributed by atoms with Crippen molar-refractivity contribution in [2.24, 2.45) is 11.8 Å². The van der Waals surface area contributed by atoms with Crippen molar-refractivity contribution in [2.45, 2.75) is 20.3 Å². The number of amides is 1. The Morgan fingerprint density at radius 1 is 1.27 bits per heavy atom. The van der Waals surface area contributed by atoms with E-state index in [1.54, 1.807) is 4.90 Å². The van der Waals surface area contributed by atoms with Gasteiger partial charge >= 0.3 is 5.97 Å². The molecule has 0 saturated carbocycles. The Labute approximate surface area is 89.6 Å². The molecule has 1 amide bonds. The molecule has 0 aliphatic carbocycles. The predicted octanol–water partition coefficient (Wildman–Crippen LogP) is 1.13. The fraction of sp³-hybridized carbons (Fsp3) is 0.636. The van der Waals surface area contributed by atoms with Crippen LogP contribution in [0.25, 0.3) is 0 Å². The van der Waals surface area contributed by atoms with E-state index >= 15 is 0 Å². The molecule has 15 heavy (non-hydrogen) atoms. The molecular weight excluding hydrogens is 194 g/mol. The van der Waals surface area contributed by atoms with Gasteiger partial charge in [-0.3, -0.25) is 4.79 Å². The summed E-state index contributed by atoms with van der Waals surface area (Å²) in [5.41, 5.74) is 0. The average molecular weight is 211 g/mol. The van der Waals surface area contributed by atoms with E-state index in [0.29, 0.717) is 11.8 Å². The molecule has 2 atom stereocenters. The summed E-state index contributed by atoms with van der Waals surface area (Å²) in [6.07, 6.45) is 3.02. The average Bonchev–Trinajstić information content (AvgIpc) is 2.18. The Morgan fingerprint density at radius 3 is 2.47 bits per heavy atom. The zero-order valence-electron chi connectivity index (χ0n) is 9.14. The van der Waals surface area contributed by atoms with E-state index in [4.69, 9.17) is 5.11 Å². The van der Waals surface area contributed by atoms with Gasteiger partial charge in [0.15, 0.2) is 0 Å². The van der Waals surface area contributed by atoms with Crippen molar-refractivity contribution < 1.29 is 14.7 Å². The molecule has 2 unspecified atom stereocenters. The zero-order chi connectivity index (χ0) is 11.4. The van der Waals surface area contributed by atoms with Gasteiger partial charge in [0.1, 0.15) is 0 Å². The van der Waals surface area contributed by atoms with Crippen molar-refractivity contribution in [3.05, 3.63) is 12.2 Å². The van der Waals surface area contributed by atoms with Gasteiger partial charge in [0.05, 0.1) is 0 Å². The summed E-state index contributed by atoms with van der Waals surface area (Å²) in [6, 6.07) is 0. The lowest BCUT2D eigenvalue weighted by molar-refractivity contribution is -0.132. The molecule has 1 saturated heterocycles. The molecule has 0 spiro atoms. The molecule has 1 heterocycles. The van der Waals surface area contributed by atoms with E-state index in [9.17, 15) is 9.59 Å². The monoisotopic (exact) mass is 211 g/mol. The molecule has 1 aliphatic rings. The third kappa shape index (κ3) is 3.38. The van der Waals surface area contributed by atoms with Crippen LogP contribution in [0.15, 0.2) is 12.2 Å². The van der Waals surface area contributed by atoms with Crippen molar-refractivity contribution in [3.63, 3.8) is 0 Å². The normalized spacial score (nSPS) is 26.9. The van der Waals surface area contributed by atoms with Crippen LogP contribution in [0.1, 0.15) is 20.3 Å². The Morgan fingerprint density at radius 2 is 1.93 bits per heavy atom. The van der Waals surface area contributed by atoms with Gasteiger partial charge in [0.25, 0.3) is 0 Å². The molecule has 1 fully saturated rings.